The van der Waals surface area contributed by atoms with E-state index in [1.54, 1.807) is 17.0 Å². The molecule has 1 aromatic heterocycles. The van der Waals surface area contributed by atoms with Crippen LogP contribution in [0.25, 0.3) is 0 Å². The Morgan fingerprint density at radius 2 is 2.11 bits per heavy atom. The van der Waals surface area contributed by atoms with Gasteiger partial charge in [0.15, 0.2) is 5.78 Å². The number of ketones is 1. The van der Waals surface area contributed by atoms with Crippen molar-refractivity contribution >= 4 is 17.4 Å². The Labute approximate surface area is 113 Å². The fourth-order valence-corrected chi connectivity index (χ4v) is 1.92. The number of imidazole rings is 1. The predicted molar refractivity (Wildman–Crippen MR) is 67.3 cm³/mol. The predicted octanol–water partition coefficient (Wildman–Crippen LogP) is 3.26. The van der Waals surface area contributed by atoms with Gasteiger partial charge in [0, 0.05) is 18.9 Å². The van der Waals surface area contributed by atoms with E-state index in [2.05, 4.69) is 4.98 Å². The number of hydrogen-bond donors (Lipinski definition) is 0. The molecule has 0 unspecified atom stereocenters. The number of hydrogen-bond acceptors (Lipinski definition) is 2. The summed E-state index contributed by atoms with van der Waals surface area (Å²) in [5.41, 5.74) is -0.312. The molecule has 0 saturated carbocycles. The first-order chi connectivity index (χ1) is 9.02. The summed E-state index contributed by atoms with van der Waals surface area (Å²) in [7, 11) is 0. The molecule has 3 nitrogen and oxygen atoms in total. The Bertz CT molecular complexity index is 625. The molecule has 1 heterocycles. The summed E-state index contributed by atoms with van der Waals surface area (Å²) in [5, 5.41) is -0.343. The van der Waals surface area contributed by atoms with Crippen molar-refractivity contribution < 1.29 is 13.6 Å². The maximum Gasteiger partial charge on any atom is 0.173 e. The van der Waals surface area contributed by atoms with E-state index in [4.69, 9.17) is 11.6 Å². The van der Waals surface area contributed by atoms with Crippen LogP contribution in [0.3, 0.4) is 0 Å². The number of aromatic nitrogens is 2. The molecule has 0 atom stereocenters. The quantitative estimate of drug-likeness (QED) is 0.638. The fourth-order valence-electron chi connectivity index (χ4n) is 1.77. The highest BCUT2D eigenvalue weighted by Gasteiger charge is 2.17. The molecular weight excluding hydrogens is 274 g/mol. The van der Waals surface area contributed by atoms with Crippen molar-refractivity contribution in [3.05, 3.63) is 52.6 Å². The van der Waals surface area contributed by atoms with Gasteiger partial charge in [-0.1, -0.05) is 11.6 Å². The van der Waals surface area contributed by atoms with Crippen LogP contribution in [-0.4, -0.2) is 15.3 Å². The Hall–Kier alpha value is -1.75. The van der Waals surface area contributed by atoms with Gasteiger partial charge in [0.05, 0.1) is 17.0 Å². The number of Topliss-reactive ketones (excluding diaryl/α,β-unsaturated/α-hetero) is 1. The van der Waals surface area contributed by atoms with Crippen LogP contribution >= 0.6 is 11.6 Å². The van der Waals surface area contributed by atoms with E-state index < -0.39 is 17.4 Å². The van der Waals surface area contributed by atoms with Crippen LogP contribution in [0.1, 0.15) is 23.1 Å². The molecule has 2 aromatic rings. The summed E-state index contributed by atoms with van der Waals surface area (Å²) in [4.78, 5) is 16.0. The van der Waals surface area contributed by atoms with Crippen LogP contribution in [0.5, 0.6) is 0 Å². The van der Waals surface area contributed by atoms with Crippen LogP contribution in [0, 0.1) is 11.6 Å². The summed E-state index contributed by atoms with van der Waals surface area (Å²) < 4.78 is 28.6. The monoisotopic (exact) mass is 284 g/mol. The van der Waals surface area contributed by atoms with Crippen molar-refractivity contribution in [3.63, 3.8) is 0 Å². The van der Waals surface area contributed by atoms with Gasteiger partial charge in [-0.05, 0) is 19.1 Å². The summed E-state index contributed by atoms with van der Waals surface area (Å²) in [5.74, 6) is -1.66. The third kappa shape index (κ3) is 2.81. The Morgan fingerprint density at radius 1 is 1.37 bits per heavy atom. The molecule has 0 aliphatic heterocycles. The first-order valence-electron chi connectivity index (χ1n) is 5.70. The molecule has 0 spiro atoms. The Kier molecular flexibility index (Phi) is 3.95. The molecule has 2 rings (SSSR count). The second-order valence-electron chi connectivity index (χ2n) is 3.98. The van der Waals surface area contributed by atoms with Gasteiger partial charge >= 0.3 is 0 Å². The van der Waals surface area contributed by atoms with Crippen molar-refractivity contribution in [3.8, 4) is 0 Å². The molecule has 0 bridgehead atoms. The van der Waals surface area contributed by atoms with Gasteiger partial charge in [-0.15, -0.1) is 0 Å². The molecule has 100 valence electrons. The first kappa shape index (κ1) is 13.7. The average Bonchev–Trinajstić information content (AvgIpc) is 2.80. The van der Waals surface area contributed by atoms with E-state index in [1.807, 2.05) is 6.92 Å². The molecule has 0 amide bonds. The van der Waals surface area contributed by atoms with Gasteiger partial charge in [0.1, 0.15) is 17.5 Å². The second-order valence-corrected chi connectivity index (χ2v) is 4.38. The zero-order valence-electron chi connectivity index (χ0n) is 10.2. The largest absolute Gasteiger partial charge is 0.335 e. The van der Waals surface area contributed by atoms with Crippen molar-refractivity contribution in [2.75, 3.05) is 0 Å². The minimum atomic E-state index is -0.828. The zero-order chi connectivity index (χ0) is 14.0. The van der Waals surface area contributed by atoms with E-state index in [9.17, 15) is 13.6 Å². The van der Waals surface area contributed by atoms with Gasteiger partial charge in [-0.25, -0.2) is 13.8 Å². The third-order valence-electron chi connectivity index (χ3n) is 2.77. The molecule has 0 fully saturated rings. The summed E-state index contributed by atoms with van der Waals surface area (Å²) in [6.45, 7) is 2.55. The number of halogens is 3. The van der Waals surface area contributed by atoms with Gasteiger partial charge < -0.3 is 4.57 Å². The SMILES string of the molecule is CCn1ccnc1CC(=O)c1cc(F)c(Cl)cc1F. The molecule has 0 radical (unpaired) electrons. The average molecular weight is 285 g/mol. The maximum atomic E-state index is 13.6. The minimum Gasteiger partial charge on any atom is -0.335 e. The molecule has 0 aliphatic carbocycles. The molecule has 0 N–H and O–H groups in total. The molecule has 1 aromatic carbocycles. The van der Waals surface area contributed by atoms with E-state index in [0.29, 0.717) is 12.4 Å². The number of rotatable bonds is 4. The van der Waals surface area contributed by atoms with Gasteiger partial charge in [-0.2, -0.15) is 0 Å². The molecule has 0 aliphatic rings. The fraction of sp³-hybridized carbons (Fsp3) is 0.231. The van der Waals surface area contributed by atoms with Crippen LogP contribution in [-0.2, 0) is 13.0 Å². The van der Waals surface area contributed by atoms with E-state index in [-0.39, 0.29) is 17.0 Å². The summed E-state index contributed by atoms with van der Waals surface area (Å²) in [6.07, 6.45) is 3.20. The Balaban J connectivity index is 2.28. The lowest BCUT2D eigenvalue weighted by Crippen LogP contribution is -2.11. The van der Waals surface area contributed by atoms with Gasteiger partial charge in [0.2, 0.25) is 0 Å². The molecular formula is C13H11ClF2N2O. The number of nitrogens with zero attached hydrogens (tertiary/aromatic N) is 2. The van der Waals surface area contributed by atoms with Crippen LogP contribution in [0.2, 0.25) is 5.02 Å². The van der Waals surface area contributed by atoms with Crippen molar-refractivity contribution in [1.29, 1.82) is 0 Å². The number of benzene rings is 1. The van der Waals surface area contributed by atoms with E-state index in [1.165, 1.54) is 0 Å². The number of carbonyl (C=O) groups is 1. The van der Waals surface area contributed by atoms with E-state index in [0.717, 1.165) is 12.1 Å². The summed E-state index contributed by atoms with van der Waals surface area (Å²) in [6, 6.07) is 1.62. The lowest BCUT2D eigenvalue weighted by atomic mass is 10.1. The minimum absolute atomic E-state index is 0.0845. The smallest absolute Gasteiger partial charge is 0.173 e. The van der Waals surface area contributed by atoms with Crippen LogP contribution in [0.15, 0.2) is 24.5 Å². The number of carbonyl (C=O) groups excluding carboxylic acids is 1. The van der Waals surface area contributed by atoms with Crippen molar-refractivity contribution in [2.45, 2.75) is 19.9 Å². The molecule has 6 heteroatoms. The van der Waals surface area contributed by atoms with E-state index >= 15 is 0 Å². The second kappa shape index (κ2) is 5.48. The van der Waals surface area contributed by atoms with Crippen molar-refractivity contribution in [2.24, 2.45) is 0 Å². The highest BCUT2D eigenvalue weighted by molar-refractivity contribution is 6.30. The normalized spacial score (nSPS) is 10.7. The standard InChI is InChI=1S/C13H11ClF2N2O/c1-2-18-4-3-17-13(18)7-12(19)8-5-11(16)9(14)6-10(8)15/h3-6H,2,7H2,1H3. The van der Waals surface area contributed by atoms with Crippen molar-refractivity contribution in [1.82, 2.24) is 9.55 Å². The van der Waals surface area contributed by atoms with Crippen LogP contribution < -0.4 is 0 Å². The highest BCUT2D eigenvalue weighted by Crippen LogP contribution is 2.20. The topological polar surface area (TPSA) is 34.9 Å². The molecule has 0 saturated heterocycles. The third-order valence-corrected chi connectivity index (χ3v) is 3.06. The Morgan fingerprint density at radius 3 is 2.79 bits per heavy atom. The number of aryl methyl sites for hydroxylation is 1. The lowest BCUT2D eigenvalue weighted by molar-refractivity contribution is 0.0985. The zero-order valence-corrected chi connectivity index (χ0v) is 10.9. The summed E-state index contributed by atoms with van der Waals surface area (Å²) >= 11 is 5.44. The lowest BCUT2D eigenvalue weighted by Gasteiger charge is -2.06. The first-order valence-corrected chi connectivity index (χ1v) is 6.08. The maximum absolute atomic E-state index is 13.6. The van der Waals surface area contributed by atoms with Gasteiger partial charge in [-0.3, -0.25) is 4.79 Å². The molecule has 19 heavy (non-hydrogen) atoms. The van der Waals surface area contributed by atoms with Crippen LogP contribution in [0.4, 0.5) is 8.78 Å². The van der Waals surface area contributed by atoms with Gasteiger partial charge in [0.25, 0.3) is 0 Å². The highest BCUT2D eigenvalue weighted by atomic mass is 35.5.